The molecule has 3 saturated heterocycles. The van der Waals surface area contributed by atoms with Gasteiger partial charge in [-0.3, -0.25) is 0 Å². The first kappa shape index (κ1) is 34.4. The van der Waals surface area contributed by atoms with Crippen molar-refractivity contribution in [1.82, 2.24) is 0 Å². The fourth-order valence-corrected chi connectivity index (χ4v) is 8.60. The largest absolute Gasteiger partial charge is 0.335 e. The lowest BCUT2D eigenvalue weighted by atomic mass is 9.92. The average molecular weight is 561 g/mol. The Hall–Kier alpha value is -0.0800. The molecule has 2 heteroatoms. The maximum Gasteiger partial charge on any atom is 0.0799 e. The highest BCUT2D eigenvalue weighted by molar-refractivity contribution is 4.64. The summed E-state index contributed by atoms with van der Waals surface area (Å²) in [5.74, 6) is 2.09. The molecule has 0 spiro atoms. The topological polar surface area (TPSA) is 8.88 Å². The molecule has 0 saturated carbocycles. The number of quaternary nitrogens is 2. The van der Waals surface area contributed by atoms with Crippen molar-refractivity contribution in [3.05, 3.63) is 0 Å². The molecule has 3 heterocycles. The third-order valence-corrected chi connectivity index (χ3v) is 11.2. The Morgan fingerprint density at radius 3 is 0.775 bits per heavy atom. The molecule has 0 aromatic carbocycles. The molecule has 0 aromatic rings. The fourth-order valence-electron chi connectivity index (χ4n) is 8.60. The van der Waals surface area contributed by atoms with Crippen LogP contribution in [0.4, 0.5) is 0 Å². The van der Waals surface area contributed by atoms with Gasteiger partial charge in [-0.1, -0.05) is 128 Å². The van der Waals surface area contributed by atoms with Gasteiger partial charge in [-0.2, -0.15) is 0 Å². The van der Waals surface area contributed by atoms with E-state index in [1.165, 1.54) is 232 Å². The van der Waals surface area contributed by atoms with E-state index in [9.17, 15) is 0 Å². The molecule has 0 radical (unpaired) electrons. The highest BCUT2D eigenvalue weighted by Crippen LogP contribution is 2.20. The van der Waals surface area contributed by atoms with Gasteiger partial charge in [0.05, 0.1) is 39.3 Å². The van der Waals surface area contributed by atoms with Crippen molar-refractivity contribution in [2.75, 3.05) is 39.3 Å². The van der Waals surface area contributed by atoms with Crippen molar-refractivity contribution in [3.63, 3.8) is 0 Å². The number of hydrogen-bond donors (Lipinski definition) is 2. The minimum atomic E-state index is 1.05. The number of piperidine rings is 2. The number of fused-ring (bicyclic) bond motifs is 4. The van der Waals surface area contributed by atoms with Gasteiger partial charge in [-0.05, 0) is 64.2 Å². The molecule has 3 aliphatic heterocycles. The van der Waals surface area contributed by atoms with Crippen molar-refractivity contribution in [3.8, 4) is 0 Å². The summed E-state index contributed by atoms with van der Waals surface area (Å²) < 4.78 is 0. The predicted octanol–water partition coefficient (Wildman–Crippen LogP) is 8.73. The van der Waals surface area contributed by atoms with E-state index in [4.69, 9.17) is 0 Å². The summed E-state index contributed by atoms with van der Waals surface area (Å²) >= 11 is 0. The second-order valence-corrected chi connectivity index (χ2v) is 15.0. The van der Waals surface area contributed by atoms with Crippen molar-refractivity contribution in [2.45, 2.75) is 193 Å². The van der Waals surface area contributed by atoms with E-state index in [2.05, 4.69) is 0 Å². The van der Waals surface area contributed by atoms with E-state index in [0.29, 0.717) is 0 Å². The molecular weight excluding hydrogens is 484 g/mol. The minimum Gasteiger partial charge on any atom is -0.335 e. The van der Waals surface area contributed by atoms with E-state index >= 15 is 0 Å². The lowest BCUT2D eigenvalue weighted by Gasteiger charge is -2.30. The quantitative estimate of drug-likeness (QED) is 0.293. The van der Waals surface area contributed by atoms with Crippen molar-refractivity contribution >= 4 is 0 Å². The first-order chi connectivity index (χ1) is 19.9. The maximum absolute atomic E-state index is 1.95. The van der Waals surface area contributed by atoms with Crippen LogP contribution in [0.3, 0.4) is 0 Å². The second kappa shape index (κ2) is 24.4. The van der Waals surface area contributed by atoms with Crippen LogP contribution in [-0.2, 0) is 0 Å². The first-order valence-corrected chi connectivity index (χ1v) is 19.6. The lowest BCUT2D eigenvalue weighted by molar-refractivity contribution is -0.909. The molecule has 0 amide bonds. The second-order valence-electron chi connectivity index (χ2n) is 15.0. The molecule has 2 nitrogen and oxygen atoms in total. The summed E-state index contributed by atoms with van der Waals surface area (Å²) in [6.45, 7) is 8.88. The van der Waals surface area contributed by atoms with Gasteiger partial charge >= 0.3 is 0 Å². The maximum atomic E-state index is 1.95. The Bertz CT molecular complexity index is 456. The van der Waals surface area contributed by atoms with E-state index < -0.39 is 0 Å². The van der Waals surface area contributed by atoms with Crippen LogP contribution in [0.2, 0.25) is 0 Å². The van der Waals surface area contributed by atoms with Crippen LogP contribution in [0.25, 0.3) is 0 Å². The molecular formula is C38H76N2+2. The van der Waals surface area contributed by atoms with Gasteiger partial charge in [-0.25, -0.2) is 0 Å². The van der Waals surface area contributed by atoms with Crippen LogP contribution < -0.4 is 9.80 Å². The summed E-state index contributed by atoms with van der Waals surface area (Å²) in [5.41, 5.74) is 0. The Kier molecular flexibility index (Phi) is 21.0. The van der Waals surface area contributed by atoms with E-state index in [-0.39, 0.29) is 0 Å². The lowest BCUT2D eigenvalue weighted by Crippen LogP contribution is -3.13. The molecule has 236 valence electrons. The Labute approximate surface area is 253 Å². The third kappa shape index (κ3) is 17.8. The van der Waals surface area contributed by atoms with Crippen LogP contribution in [0.1, 0.15) is 193 Å². The highest BCUT2D eigenvalue weighted by Gasteiger charge is 2.23. The van der Waals surface area contributed by atoms with Crippen LogP contribution in [0.15, 0.2) is 0 Å². The minimum absolute atomic E-state index is 1.05. The summed E-state index contributed by atoms with van der Waals surface area (Å²) in [7, 11) is 0. The zero-order valence-corrected chi connectivity index (χ0v) is 27.6. The SMILES string of the molecule is C1CCCCCCC[NH+]2CCCC(CCCCCCCCCCCCCC[NH+]3CCCC(CCCCCC1)C3)C2. The summed E-state index contributed by atoms with van der Waals surface area (Å²) in [6.07, 6.45) is 45.1. The average Bonchev–Trinajstić information content (AvgIpc) is 2.97. The molecule has 2 N–H and O–H groups in total. The van der Waals surface area contributed by atoms with E-state index in [0.717, 1.165) is 11.8 Å². The molecule has 4 atom stereocenters. The van der Waals surface area contributed by atoms with Crippen LogP contribution in [-0.4, -0.2) is 39.3 Å². The predicted molar refractivity (Wildman–Crippen MR) is 177 cm³/mol. The zero-order valence-electron chi connectivity index (χ0n) is 27.6. The molecule has 4 bridgehead atoms. The van der Waals surface area contributed by atoms with Gasteiger partial charge in [0.25, 0.3) is 0 Å². The molecule has 0 aliphatic carbocycles. The summed E-state index contributed by atoms with van der Waals surface area (Å²) in [4.78, 5) is 3.91. The Balaban J connectivity index is 1.26. The van der Waals surface area contributed by atoms with Gasteiger partial charge in [0.15, 0.2) is 0 Å². The van der Waals surface area contributed by atoms with Crippen LogP contribution in [0, 0.1) is 11.8 Å². The smallest absolute Gasteiger partial charge is 0.0799 e. The molecule has 3 aliphatic rings. The van der Waals surface area contributed by atoms with Gasteiger partial charge in [0.2, 0.25) is 0 Å². The zero-order chi connectivity index (χ0) is 27.8. The fraction of sp³-hybridized carbons (Fsp3) is 1.00. The van der Waals surface area contributed by atoms with Gasteiger partial charge < -0.3 is 9.80 Å². The standard InChI is InChI=1S/C38H74N2/c1-3-7-11-15-19-23-31-39-33-26-30-38(36-39)28-22-18-14-10-6-2-4-8-12-16-20-24-32-40-34-25-29-37(35-40)27-21-17-13-9-5-1/h37-38H,1-36H2/p+2. The van der Waals surface area contributed by atoms with Crippen molar-refractivity contribution in [2.24, 2.45) is 11.8 Å². The highest BCUT2D eigenvalue weighted by atomic mass is 15.1. The first-order valence-electron chi connectivity index (χ1n) is 19.6. The normalized spacial score (nSPS) is 32.4. The van der Waals surface area contributed by atoms with Crippen LogP contribution >= 0.6 is 0 Å². The Morgan fingerprint density at radius 1 is 0.225 bits per heavy atom. The number of nitrogens with one attached hydrogen (secondary N) is 2. The van der Waals surface area contributed by atoms with Gasteiger partial charge in [-0.15, -0.1) is 0 Å². The van der Waals surface area contributed by atoms with E-state index in [1.807, 2.05) is 9.80 Å². The molecule has 3 rings (SSSR count). The Morgan fingerprint density at radius 2 is 0.450 bits per heavy atom. The number of hydrogen-bond acceptors (Lipinski definition) is 0. The van der Waals surface area contributed by atoms with E-state index in [1.54, 1.807) is 0 Å². The van der Waals surface area contributed by atoms with Crippen molar-refractivity contribution in [1.29, 1.82) is 0 Å². The monoisotopic (exact) mass is 561 g/mol. The summed E-state index contributed by atoms with van der Waals surface area (Å²) in [5, 5.41) is 0. The summed E-state index contributed by atoms with van der Waals surface area (Å²) in [6, 6.07) is 0. The van der Waals surface area contributed by atoms with Gasteiger partial charge in [0, 0.05) is 11.8 Å². The molecule has 4 unspecified atom stereocenters. The number of rotatable bonds is 0. The van der Waals surface area contributed by atoms with Crippen LogP contribution in [0.5, 0.6) is 0 Å². The van der Waals surface area contributed by atoms with Crippen molar-refractivity contribution < 1.29 is 9.80 Å². The molecule has 3 fully saturated rings. The molecule has 40 heavy (non-hydrogen) atoms. The third-order valence-electron chi connectivity index (χ3n) is 11.2. The van der Waals surface area contributed by atoms with Gasteiger partial charge in [0.1, 0.15) is 0 Å². The molecule has 0 aromatic heterocycles.